The molecule has 12 nitrogen and oxygen atoms in total. The van der Waals surface area contributed by atoms with Crippen molar-refractivity contribution in [3.63, 3.8) is 0 Å². The number of hydrogen-bond acceptors (Lipinski definition) is 11. The molecule has 0 radical (unpaired) electrons. The number of imide groups is 1. The molecule has 12 heteroatoms. The van der Waals surface area contributed by atoms with Crippen molar-refractivity contribution in [1.29, 1.82) is 5.26 Å². The Kier molecular flexibility index (Phi) is 8.17. The molecule has 264 valence electrons. The molecule has 5 atom stereocenters. The highest BCUT2D eigenvalue weighted by Crippen LogP contribution is 2.59. The fourth-order valence-corrected chi connectivity index (χ4v) is 9.16. The summed E-state index contributed by atoms with van der Waals surface area (Å²) in [5, 5.41) is 11.1. The first-order valence-electron chi connectivity index (χ1n) is 17.1. The number of hydrogen-bond donors (Lipinski definition) is 0. The van der Waals surface area contributed by atoms with E-state index in [1.807, 2.05) is 13.8 Å². The molecule has 0 N–H and O–H groups in total. The summed E-state index contributed by atoms with van der Waals surface area (Å²) in [7, 11) is 5.27. The third kappa shape index (κ3) is 4.75. The first kappa shape index (κ1) is 33.1. The highest BCUT2D eigenvalue weighted by Gasteiger charge is 2.57. The minimum atomic E-state index is -0.635. The number of likely N-dealkylation sites (N-methyl/N-ethyl adjacent to an activating group) is 1. The van der Waals surface area contributed by atoms with Crippen LogP contribution in [0.1, 0.15) is 66.2 Å². The predicted octanol–water partition coefficient (Wildman–Crippen LogP) is 4.66. The summed E-state index contributed by atoms with van der Waals surface area (Å²) >= 11 is 0. The summed E-state index contributed by atoms with van der Waals surface area (Å²) in [5.41, 5.74) is 6.14. The van der Waals surface area contributed by atoms with Gasteiger partial charge in [0.05, 0.1) is 36.4 Å². The van der Waals surface area contributed by atoms with Crippen LogP contribution in [0, 0.1) is 25.2 Å². The molecule has 0 spiro atoms. The van der Waals surface area contributed by atoms with E-state index >= 15 is 0 Å². The van der Waals surface area contributed by atoms with E-state index < -0.39 is 12.1 Å². The van der Waals surface area contributed by atoms with Gasteiger partial charge in [0.15, 0.2) is 29.8 Å². The van der Waals surface area contributed by atoms with E-state index in [-0.39, 0.29) is 56.7 Å². The van der Waals surface area contributed by atoms with Crippen LogP contribution < -0.4 is 23.7 Å². The summed E-state index contributed by atoms with van der Waals surface area (Å²) in [4.78, 5) is 33.7. The van der Waals surface area contributed by atoms with Crippen molar-refractivity contribution >= 4 is 11.8 Å². The molecule has 5 aliphatic heterocycles. The normalized spacial score (nSPS) is 24.3. The number of nitriles is 1. The molecule has 0 aliphatic carbocycles. The number of fused-ring (bicyclic) bond motifs is 10. The monoisotopic (exact) mass is 692 g/mol. The van der Waals surface area contributed by atoms with Gasteiger partial charge < -0.3 is 28.4 Å². The third-order valence-electron chi connectivity index (χ3n) is 11.1. The fourth-order valence-electron chi connectivity index (χ4n) is 9.16. The Morgan fingerprint density at radius 3 is 2.37 bits per heavy atom. The molecule has 3 aromatic carbocycles. The second kappa shape index (κ2) is 12.6. The van der Waals surface area contributed by atoms with Crippen molar-refractivity contribution in [3.05, 3.63) is 87.5 Å². The Hall–Kier alpha value is -5.09. The molecule has 2 amide bonds. The van der Waals surface area contributed by atoms with Gasteiger partial charge in [0.25, 0.3) is 11.8 Å². The van der Waals surface area contributed by atoms with Crippen LogP contribution in [0.5, 0.6) is 28.7 Å². The smallest absolute Gasteiger partial charge is 0.261 e. The summed E-state index contributed by atoms with van der Waals surface area (Å²) < 4.78 is 36.3. The quantitative estimate of drug-likeness (QED) is 0.177. The summed E-state index contributed by atoms with van der Waals surface area (Å²) in [6, 6.07) is 9.60. The number of methoxy groups -OCH3 is 2. The molecule has 0 aromatic heterocycles. The van der Waals surface area contributed by atoms with Crippen molar-refractivity contribution in [1.82, 2.24) is 14.7 Å². The van der Waals surface area contributed by atoms with Crippen LogP contribution in [-0.4, -0.2) is 92.6 Å². The standard InChI is InChI=1S/C39H40N4O8/c1-7-12-48-34-21(3)35-37(51-19-50-35)31-25(34)15-27-32-30-22(13-20(2)33(47-6)36(30)49-18-46-5)14-26(41(32)4)28(16-40)43(27)29(31)17-42-38(44)23-10-8-9-11-24(23)39(42)45/h7-11,13,26-29,32H,1,12,14-15,17-19H2,2-6H3/t26-,27+,28+,29+,32+/m1/s1. The highest BCUT2D eigenvalue weighted by atomic mass is 16.7. The van der Waals surface area contributed by atoms with Gasteiger partial charge in [-0.2, -0.15) is 5.26 Å². The molecule has 0 unspecified atom stereocenters. The maximum absolute atomic E-state index is 13.9. The van der Waals surface area contributed by atoms with Crippen LogP contribution in [0.4, 0.5) is 0 Å². The predicted molar refractivity (Wildman–Crippen MR) is 185 cm³/mol. The van der Waals surface area contributed by atoms with Gasteiger partial charge in [0.2, 0.25) is 6.79 Å². The van der Waals surface area contributed by atoms with E-state index in [0.29, 0.717) is 52.7 Å². The highest BCUT2D eigenvalue weighted by molar-refractivity contribution is 6.21. The number of piperazine rings is 1. The Balaban J connectivity index is 1.37. The Bertz CT molecular complexity index is 1990. The molecule has 2 bridgehead atoms. The second-order valence-electron chi connectivity index (χ2n) is 13.6. The first-order valence-corrected chi connectivity index (χ1v) is 17.1. The maximum Gasteiger partial charge on any atom is 0.261 e. The number of aryl methyl sites for hydroxylation is 1. The van der Waals surface area contributed by atoms with Crippen LogP contribution in [0.25, 0.3) is 0 Å². The van der Waals surface area contributed by atoms with Crippen LogP contribution in [0.15, 0.2) is 43.0 Å². The first-order chi connectivity index (χ1) is 24.7. The van der Waals surface area contributed by atoms with Crippen molar-refractivity contribution < 1.29 is 38.0 Å². The number of nitrogens with zero attached hydrogens (tertiary/aromatic N) is 4. The second-order valence-corrected chi connectivity index (χ2v) is 13.6. The lowest BCUT2D eigenvalue weighted by Crippen LogP contribution is -2.69. The Morgan fingerprint density at radius 1 is 0.980 bits per heavy atom. The van der Waals surface area contributed by atoms with E-state index in [9.17, 15) is 14.9 Å². The lowest BCUT2D eigenvalue weighted by Gasteiger charge is -2.60. The fraction of sp³-hybridized carbons (Fsp3) is 0.410. The summed E-state index contributed by atoms with van der Waals surface area (Å²) in [5.74, 6) is 2.25. The van der Waals surface area contributed by atoms with Gasteiger partial charge in [-0.25, -0.2) is 0 Å². The van der Waals surface area contributed by atoms with Crippen molar-refractivity contribution in [2.45, 2.75) is 56.9 Å². The largest absolute Gasteiger partial charge is 0.493 e. The van der Waals surface area contributed by atoms with Gasteiger partial charge >= 0.3 is 0 Å². The lowest BCUT2D eigenvalue weighted by molar-refractivity contribution is -0.0766. The van der Waals surface area contributed by atoms with Gasteiger partial charge in [-0.15, -0.1) is 0 Å². The molecular formula is C39H40N4O8. The lowest BCUT2D eigenvalue weighted by atomic mass is 9.71. The minimum absolute atomic E-state index is 0.00590. The van der Waals surface area contributed by atoms with E-state index in [1.165, 1.54) is 4.90 Å². The molecule has 3 aromatic rings. The third-order valence-corrected chi connectivity index (χ3v) is 11.1. The molecule has 51 heavy (non-hydrogen) atoms. The average molecular weight is 693 g/mol. The summed E-state index contributed by atoms with van der Waals surface area (Å²) in [6.07, 6.45) is 2.74. The number of carbonyl (C=O) groups excluding carboxylic acids is 2. The zero-order valence-corrected chi connectivity index (χ0v) is 29.4. The topological polar surface area (TPSA) is 123 Å². The molecule has 5 aliphatic rings. The van der Waals surface area contributed by atoms with Gasteiger partial charge in [0, 0.05) is 48.0 Å². The molecule has 1 saturated heterocycles. The average Bonchev–Trinajstić information content (AvgIpc) is 3.71. The summed E-state index contributed by atoms with van der Waals surface area (Å²) in [6.45, 7) is 8.10. The molecule has 8 rings (SSSR count). The van der Waals surface area contributed by atoms with Gasteiger partial charge in [-0.1, -0.05) is 30.9 Å². The Labute approximate surface area is 296 Å². The number of carbonyl (C=O) groups is 2. The number of rotatable bonds is 9. The van der Waals surface area contributed by atoms with Crippen LogP contribution in [-0.2, 0) is 17.6 Å². The SMILES string of the molecule is C=CCOc1c(C)c2c(c3c1C[C@H]1[C@H]4c5c(cc(C)c(OC)c5OCOC)C[C@H]([C@H](C#N)N1[C@H]3CN1C(=O)c3ccccc3C1=O)N4C)OCO2. The van der Waals surface area contributed by atoms with Crippen molar-refractivity contribution in [3.8, 4) is 34.8 Å². The Morgan fingerprint density at radius 2 is 1.71 bits per heavy atom. The maximum atomic E-state index is 13.9. The number of benzene rings is 3. The van der Waals surface area contributed by atoms with Crippen molar-refractivity contribution in [2.24, 2.45) is 0 Å². The van der Waals surface area contributed by atoms with Gasteiger partial charge in [-0.3, -0.25) is 24.3 Å². The molecule has 1 fully saturated rings. The molecule has 0 saturated carbocycles. The molecule has 5 heterocycles. The van der Waals surface area contributed by atoms with Gasteiger partial charge in [-0.05, 0) is 57.0 Å². The van der Waals surface area contributed by atoms with E-state index in [1.54, 1.807) is 44.6 Å². The zero-order chi connectivity index (χ0) is 35.7. The van der Waals surface area contributed by atoms with Crippen LogP contribution in [0.2, 0.25) is 0 Å². The zero-order valence-electron chi connectivity index (χ0n) is 29.4. The minimum Gasteiger partial charge on any atom is -0.493 e. The van der Waals surface area contributed by atoms with E-state index in [4.69, 9.17) is 28.4 Å². The van der Waals surface area contributed by atoms with E-state index in [0.717, 1.165) is 33.4 Å². The molecular weight excluding hydrogens is 652 g/mol. The van der Waals surface area contributed by atoms with E-state index in [2.05, 4.69) is 35.6 Å². The van der Waals surface area contributed by atoms with Crippen LogP contribution in [0.3, 0.4) is 0 Å². The number of ether oxygens (including phenoxy) is 6. The van der Waals surface area contributed by atoms with Crippen molar-refractivity contribution in [2.75, 3.05) is 48.0 Å². The van der Waals surface area contributed by atoms with Gasteiger partial charge in [0.1, 0.15) is 18.4 Å². The number of amides is 2. The van der Waals surface area contributed by atoms with Crippen LogP contribution >= 0.6 is 0 Å².